The molecule has 0 aliphatic carbocycles. The molecule has 0 aliphatic heterocycles. The van der Waals surface area contributed by atoms with E-state index in [2.05, 4.69) is 0 Å². The zero-order valence-electron chi connectivity index (χ0n) is 5.46. The van der Waals surface area contributed by atoms with Crippen molar-refractivity contribution in [3.63, 3.8) is 0 Å². The summed E-state index contributed by atoms with van der Waals surface area (Å²) < 4.78 is 0. The van der Waals surface area contributed by atoms with Gasteiger partial charge in [0.15, 0.2) is 0 Å². The zero-order valence-corrected chi connectivity index (χ0v) is 6.97. The summed E-state index contributed by atoms with van der Waals surface area (Å²) in [5, 5.41) is 18.2. The maximum atomic E-state index is 8.71. The highest BCUT2D eigenvalue weighted by Crippen LogP contribution is 2.13. The van der Waals surface area contributed by atoms with Crippen LogP contribution in [0.5, 0.6) is 0 Å². The Bertz CT molecular complexity index is 253. The Kier molecular flexibility index (Phi) is 2.79. The lowest BCUT2D eigenvalue weighted by Gasteiger charge is -1.99. The maximum Gasteiger partial charge on any atom is 0.488 e. The van der Waals surface area contributed by atoms with Crippen LogP contribution in [0.1, 0.15) is 2.85 Å². The fourth-order valence-electron chi connectivity index (χ4n) is 0.724. The summed E-state index contributed by atoms with van der Waals surface area (Å²) in [6.07, 6.45) is 0. The van der Waals surface area contributed by atoms with E-state index in [4.69, 9.17) is 33.2 Å². The van der Waals surface area contributed by atoms with Crippen molar-refractivity contribution in [3.8, 4) is 0 Å². The van der Waals surface area contributed by atoms with Crippen molar-refractivity contribution in [2.75, 3.05) is 0 Å². The lowest BCUT2D eigenvalue weighted by molar-refractivity contribution is 0.426. The Morgan fingerprint density at radius 1 is 1.09 bits per heavy atom. The largest absolute Gasteiger partial charge is 0.488 e. The van der Waals surface area contributed by atoms with Crippen LogP contribution in [0.15, 0.2) is 18.2 Å². The summed E-state index contributed by atoms with van der Waals surface area (Å²) >= 11 is 11.2. The zero-order chi connectivity index (χ0) is 8.43. The van der Waals surface area contributed by atoms with Crippen LogP contribution >= 0.6 is 23.2 Å². The van der Waals surface area contributed by atoms with Crippen molar-refractivity contribution in [2.45, 2.75) is 0 Å². The number of benzene rings is 1. The molecule has 1 rings (SSSR count). The number of halogens is 2. The predicted octanol–water partition coefficient (Wildman–Crippen LogP) is 1.17. The fourth-order valence-corrected chi connectivity index (χ4v) is 1.27. The average Bonchev–Trinajstić information content (AvgIpc) is 1.85. The highest BCUT2D eigenvalue weighted by molar-refractivity contribution is 6.59. The van der Waals surface area contributed by atoms with Gasteiger partial charge in [0, 0.05) is 12.9 Å². The Balaban J connectivity index is 0. The first kappa shape index (κ1) is 8.88. The van der Waals surface area contributed by atoms with Gasteiger partial charge in [-0.05, 0) is 23.7 Å². The van der Waals surface area contributed by atoms with Gasteiger partial charge < -0.3 is 10.0 Å². The molecule has 0 bridgehead atoms. The van der Waals surface area contributed by atoms with Crippen LogP contribution in [0.4, 0.5) is 0 Å². The molecule has 0 saturated heterocycles. The molecule has 5 heteroatoms. The van der Waals surface area contributed by atoms with E-state index in [9.17, 15) is 0 Å². The van der Waals surface area contributed by atoms with E-state index < -0.39 is 7.12 Å². The van der Waals surface area contributed by atoms with E-state index in [0.29, 0.717) is 15.5 Å². The molecule has 0 fully saturated rings. The lowest BCUT2D eigenvalue weighted by Crippen LogP contribution is -2.29. The highest BCUT2D eigenvalue weighted by atomic mass is 35.5. The van der Waals surface area contributed by atoms with E-state index >= 15 is 0 Å². The number of hydrogen-bond acceptors (Lipinski definition) is 2. The molecule has 0 unspecified atom stereocenters. The first-order valence-corrected chi connectivity index (χ1v) is 3.67. The molecule has 0 amide bonds. The van der Waals surface area contributed by atoms with Crippen LogP contribution in [0.25, 0.3) is 0 Å². The second kappa shape index (κ2) is 3.45. The van der Waals surface area contributed by atoms with Crippen molar-refractivity contribution < 1.29 is 12.9 Å². The van der Waals surface area contributed by atoms with Gasteiger partial charge >= 0.3 is 7.12 Å². The van der Waals surface area contributed by atoms with Gasteiger partial charge in [-0.1, -0.05) is 23.2 Å². The first-order valence-electron chi connectivity index (χ1n) is 2.92. The summed E-state index contributed by atoms with van der Waals surface area (Å²) in [7, 11) is -1.52. The van der Waals surface area contributed by atoms with Crippen LogP contribution in [-0.4, -0.2) is 17.2 Å². The molecular weight excluding hydrogens is 186 g/mol. The molecule has 0 aliphatic rings. The molecule has 0 heterocycles. The third-order valence-corrected chi connectivity index (χ3v) is 1.62. The molecule has 1 aromatic carbocycles. The van der Waals surface area contributed by atoms with Gasteiger partial charge in [0.05, 0.1) is 0 Å². The van der Waals surface area contributed by atoms with Gasteiger partial charge in [0.2, 0.25) is 0 Å². The molecule has 11 heavy (non-hydrogen) atoms. The quantitative estimate of drug-likeness (QED) is 0.660. The minimum absolute atomic E-state index is 0. The molecule has 62 valence electrons. The third kappa shape index (κ3) is 2.38. The number of rotatable bonds is 1. The highest BCUT2D eigenvalue weighted by Gasteiger charge is 2.11. The SMILES string of the molecule is OB(O)c1cc(Cl)cc(Cl)c1.[HH].[HH]. The van der Waals surface area contributed by atoms with E-state index in [1.165, 1.54) is 18.2 Å². The van der Waals surface area contributed by atoms with Crippen molar-refractivity contribution >= 4 is 35.8 Å². The second-order valence-corrected chi connectivity index (χ2v) is 2.95. The summed E-state index contributed by atoms with van der Waals surface area (Å²) in [4.78, 5) is 0. The monoisotopic (exact) mass is 194 g/mol. The summed E-state index contributed by atoms with van der Waals surface area (Å²) in [6, 6.07) is 4.41. The average molecular weight is 195 g/mol. The van der Waals surface area contributed by atoms with Crippen LogP contribution in [0.2, 0.25) is 10.0 Å². The summed E-state index contributed by atoms with van der Waals surface area (Å²) in [6.45, 7) is 0. The van der Waals surface area contributed by atoms with Gasteiger partial charge in [0.25, 0.3) is 0 Å². The van der Waals surface area contributed by atoms with Gasteiger partial charge in [0.1, 0.15) is 0 Å². The fraction of sp³-hybridized carbons (Fsp3) is 0. The molecule has 2 N–H and O–H groups in total. The van der Waals surface area contributed by atoms with Gasteiger partial charge in [-0.2, -0.15) is 0 Å². The second-order valence-electron chi connectivity index (χ2n) is 2.08. The molecule has 1 aromatic rings. The topological polar surface area (TPSA) is 40.5 Å². The third-order valence-electron chi connectivity index (χ3n) is 1.18. The minimum atomic E-state index is -1.52. The normalized spacial score (nSPS) is 9.82. The molecule has 0 radical (unpaired) electrons. The van der Waals surface area contributed by atoms with E-state index in [-0.39, 0.29) is 2.85 Å². The Morgan fingerprint density at radius 3 is 1.91 bits per heavy atom. The summed E-state index contributed by atoms with van der Waals surface area (Å²) in [5.41, 5.74) is 0.294. The van der Waals surface area contributed by atoms with Gasteiger partial charge in [-0.15, -0.1) is 0 Å². The van der Waals surface area contributed by atoms with E-state index in [1.807, 2.05) is 0 Å². The first-order chi connectivity index (χ1) is 5.09. The van der Waals surface area contributed by atoms with Crippen LogP contribution in [0.3, 0.4) is 0 Å². The van der Waals surface area contributed by atoms with E-state index in [0.717, 1.165) is 0 Å². The van der Waals surface area contributed by atoms with Crippen molar-refractivity contribution in [3.05, 3.63) is 28.2 Å². The molecule has 0 spiro atoms. The standard InChI is InChI=1S/C6H5BCl2O2.2H2/c8-5-1-4(7(10)11)2-6(9)3-5;;/h1-3,10-11H;2*1H. The minimum Gasteiger partial charge on any atom is -0.423 e. The van der Waals surface area contributed by atoms with Gasteiger partial charge in [-0.3, -0.25) is 0 Å². The van der Waals surface area contributed by atoms with Crippen LogP contribution in [0, 0.1) is 0 Å². The Morgan fingerprint density at radius 2 is 1.55 bits per heavy atom. The van der Waals surface area contributed by atoms with Crippen LogP contribution in [-0.2, 0) is 0 Å². The van der Waals surface area contributed by atoms with E-state index in [1.54, 1.807) is 0 Å². The molecule has 0 atom stereocenters. The lowest BCUT2D eigenvalue weighted by atomic mass is 9.80. The van der Waals surface area contributed by atoms with Crippen molar-refractivity contribution in [2.24, 2.45) is 0 Å². The predicted molar refractivity (Wildman–Crippen MR) is 50.5 cm³/mol. The molecule has 0 saturated carbocycles. The van der Waals surface area contributed by atoms with Crippen molar-refractivity contribution in [1.82, 2.24) is 0 Å². The Labute approximate surface area is 77.5 Å². The molecule has 0 aromatic heterocycles. The number of hydrogen-bond donors (Lipinski definition) is 2. The van der Waals surface area contributed by atoms with Gasteiger partial charge in [-0.25, -0.2) is 0 Å². The molecular formula is C6H9BCl2O2. The van der Waals surface area contributed by atoms with Crippen LogP contribution < -0.4 is 5.46 Å². The smallest absolute Gasteiger partial charge is 0.423 e. The summed E-state index contributed by atoms with van der Waals surface area (Å²) in [5.74, 6) is 0. The Hall–Kier alpha value is -0.215. The maximum absolute atomic E-state index is 8.71. The molecule has 2 nitrogen and oxygen atoms in total. The van der Waals surface area contributed by atoms with Crippen molar-refractivity contribution in [1.29, 1.82) is 0 Å².